The van der Waals surface area contributed by atoms with Crippen LogP contribution in [0.4, 0.5) is 0 Å². The molecule has 1 atom stereocenters. The summed E-state index contributed by atoms with van der Waals surface area (Å²) in [5.74, 6) is -0.171. The summed E-state index contributed by atoms with van der Waals surface area (Å²) in [6, 6.07) is 18.5. The highest BCUT2D eigenvalue weighted by molar-refractivity contribution is 5.99. The molecule has 2 nitrogen and oxygen atoms in total. The number of ether oxygens (including phenoxy) is 1. The molecule has 120 valence electrons. The van der Waals surface area contributed by atoms with Gasteiger partial charge >= 0.3 is 5.97 Å². The van der Waals surface area contributed by atoms with Crippen molar-refractivity contribution in [2.24, 2.45) is 0 Å². The Bertz CT molecular complexity index is 845. The zero-order chi connectivity index (χ0) is 16.6. The Balaban J connectivity index is 1.96. The second-order valence-corrected chi connectivity index (χ2v) is 6.44. The van der Waals surface area contributed by atoms with E-state index in [9.17, 15) is 4.79 Å². The van der Waals surface area contributed by atoms with Crippen molar-refractivity contribution in [1.82, 2.24) is 0 Å². The molecule has 0 spiro atoms. The van der Waals surface area contributed by atoms with E-state index in [1.165, 1.54) is 18.2 Å². The van der Waals surface area contributed by atoms with E-state index in [1.54, 1.807) is 0 Å². The minimum atomic E-state index is -0.737. The standard InChI is InChI=1S/C22H20O2/c1-24-21(23)22(15-16-9-3-2-4-10-16)19-13-7-5-11-17(19)18-12-6-8-14-20(18)22/h2-5,7-11,13-14H,6,12,15H2,1H3/t22-/m0/s1. The van der Waals surface area contributed by atoms with Gasteiger partial charge in [0.2, 0.25) is 0 Å². The zero-order valence-corrected chi connectivity index (χ0v) is 13.8. The van der Waals surface area contributed by atoms with E-state index in [-0.39, 0.29) is 5.97 Å². The maximum absolute atomic E-state index is 13.1. The van der Waals surface area contributed by atoms with E-state index in [4.69, 9.17) is 4.74 Å². The molecule has 0 saturated carbocycles. The van der Waals surface area contributed by atoms with Gasteiger partial charge in [0.15, 0.2) is 0 Å². The third-order valence-electron chi connectivity index (χ3n) is 5.19. The fraction of sp³-hybridized carbons (Fsp3) is 0.227. The smallest absolute Gasteiger partial charge is 0.321 e. The monoisotopic (exact) mass is 316 g/mol. The van der Waals surface area contributed by atoms with Gasteiger partial charge in [-0.1, -0.05) is 66.7 Å². The molecule has 4 rings (SSSR count). The number of hydrogen-bond acceptors (Lipinski definition) is 2. The third kappa shape index (κ3) is 2.06. The van der Waals surface area contributed by atoms with Crippen molar-refractivity contribution in [2.45, 2.75) is 24.7 Å². The van der Waals surface area contributed by atoms with Crippen LogP contribution in [0.2, 0.25) is 0 Å². The van der Waals surface area contributed by atoms with Crippen molar-refractivity contribution < 1.29 is 9.53 Å². The van der Waals surface area contributed by atoms with Crippen LogP contribution in [0.1, 0.15) is 29.5 Å². The average molecular weight is 316 g/mol. The molecule has 0 heterocycles. The van der Waals surface area contributed by atoms with Crippen LogP contribution in [-0.4, -0.2) is 13.1 Å². The van der Waals surface area contributed by atoms with E-state index in [1.807, 2.05) is 24.3 Å². The van der Waals surface area contributed by atoms with Crippen LogP contribution in [0, 0.1) is 0 Å². The van der Waals surface area contributed by atoms with Crippen molar-refractivity contribution >= 4 is 11.5 Å². The summed E-state index contributed by atoms with van der Waals surface area (Å²) in [5, 5.41) is 0. The Labute approximate surface area is 142 Å². The maximum atomic E-state index is 13.1. The molecule has 2 aromatic carbocycles. The van der Waals surface area contributed by atoms with E-state index in [0.717, 1.165) is 29.5 Å². The van der Waals surface area contributed by atoms with Crippen LogP contribution >= 0.6 is 0 Å². The minimum absolute atomic E-state index is 0.171. The Kier molecular flexibility index (Phi) is 3.61. The molecule has 0 unspecified atom stereocenters. The highest BCUT2D eigenvalue weighted by Gasteiger charge is 2.50. The number of hydrogen-bond donors (Lipinski definition) is 0. The summed E-state index contributed by atoms with van der Waals surface area (Å²) in [6.07, 6.45) is 6.94. The van der Waals surface area contributed by atoms with Gasteiger partial charge in [-0.05, 0) is 47.1 Å². The number of benzene rings is 2. The highest BCUT2D eigenvalue weighted by Crippen LogP contribution is 2.52. The van der Waals surface area contributed by atoms with E-state index >= 15 is 0 Å². The Morgan fingerprint density at radius 2 is 1.83 bits per heavy atom. The number of allylic oxidation sites excluding steroid dienone is 3. The SMILES string of the molecule is COC(=O)[C@]1(Cc2ccccc2)C2=C(CCC=C2)c2ccccc21. The lowest BCUT2D eigenvalue weighted by Crippen LogP contribution is -2.39. The molecule has 2 heteroatoms. The molecule has 0 N–H and O–H groups in total. The number of carbonyl (C=O) groups excluding carboxylic acids is 1. The van der Waals surface area contributed by atoms with Gasteiger partial charge in [0.05, 0.1) is 7.11 Å². The molecular formula is C22H20O2. The Morgan fingerprint density at radius 1 is 1.08 bits per heavy atom. The predicted octanol–water partition coefficient (Wildman–Crippen LogP) is 4.46. The van der Waals surface area contributed by atoms with E-state index in [2.05, 4.69) is 42.5 Å². The van der Waals surface area contributed by atoms with Gasteiger partial charge in [0.1, 0.15) is 5.41 Å². The van der Waals surface area contributed by atoms with Crippen molar-refractivity contribution in [2.75, 3.05) is 7.11 Å². The normalized spacial score (nSPS) is 21.4. The number of methoxy groups -OCH3 is 1. The summed E-state index contributed by atoms with van der Waals surface area (Å²) < 4.78 is 5.31. The van der Waals surface area contributed by atoms with Gasteiger partial charge in [-0.3, -0.25) is 4.79 Å². The lowest BCUT2D eigenvalue weighted by Gasteiger charge is -2.31. The molecule has 0 amide bonds. The first-order chi connectivity index (χ1) is 11.8. The summed E-state index contributed by atoms with van der Waals surface area (Å²) in [6.45, 7) is 0. The van der Waals surface area contributed by atoms with Gasteiger partial charge in [-0.2, -0.15) is 0 Å². The summed E-state index contributed by atoms with van der Waals surface area (Å²) in [4.78, 5) is 13.1. The first-order valence-corrected chi connectivity index (χ1v) is 8.40. The quantitative estimate of drug-likeness (QED) is 0.782. The molecule has 24 heavy (non-hydrogen) atoms. The maximum Gasteiger partial charge on any atom is 0.321 e. The lowest BCUT2D eigenvalue weighted by atomic mass is 9.72. The number of esters is 1. The Hall–Kier alpha value is -2.61. The van der Waals surface area contributed by atoms with Gasteiger partial charge < -0.3 is 4.74 Å². The Morgan fingerprint density at radius 3 is 2.62 bits per heavy atom. The highest BCUT2D eigenvalue weighted by atomic mass is 16.5. The summed E-state index contributed by atoms with van der Waals surface area (Å²) in [5.41, 5.74) is 5.11. The molecule has 0 aromatic heterocycles. The predicted molar refractivity (Wildman–Crippen MR) is 95.6 cm³/mol. The van der Waals surface area contributed by atoms with Gasteiger partial charge in [-0.15, -0.1) is 0 Å². The molecule has 2 aliphatic carbocycles. The largest absolute Gasteiger partial charge is 0.468 e. The van der Waals surface area contributed by atoms with Crippen molar-refractivity contribution in [3.8, 4) is 0 Å². The zero-order valence-electron chi connectivity index (χ0n) is 13.8. The van der Waals surface area contributed by atoms with Crippen LogP contribution in [-0.2, 0) is 21.4 Å². The lowest BCUT2D eigenvalue weighted by molar-refractivity contribution is -0.145. The van der Waals surface area contributed by atoms with Crippen LogP contribution in [0.3, 0.4) is 0 Å². The second kappa shape index (κ2) is 5.79. The molecular weight excluding hydrogens is 296 g/mol. The molecule has 2 aliphatic rings. The first kappa shape index (κ1) is 14.9. The molecule has 0 saturated heterocycles. The molecule has 0 bridgehead atoms. The van der Waals surface area contributed by atoms with Crippen molar-refractivity contribution in [1.29, 1.82) is 0 Å². The third-order valence-corrected chi connectivity index (χ3v) is 5.19. The van der Waals surface area contributed by atoms with Crippen LogP contribution in [0.15, 0.2) is 72.3 Å². The van der Waals surface area contributed by atoms with Crippen LogP contribution < -0.4 is 0 Å². The van der Waals surface area contributed by atoms with Crippen LogP contribution in [0.5, 0.6) is 0 Å². The van der Waals surface area contributed by atoms with E-state index < -0.39 is 5.41 Å². The van der Waals surface area contributed by atoms with Gasteiger partial charge in [0.25, 0.3) is 0 Å². The van der Waals surface area contributed by atoms with Crippen molar-refractivity contribution in [3.05, 3.63) is 89.0 Å². The minimum Gasteiger partial charge on any atom is -0.468 e. The first-order valence-electron chi connectivity index (χ1n) is 8.40. The number of fused-ring (bicyclic) bond motifs is 2. The fourth-order valence-corrected chi connectivity index (χ4v) is 4.17. The number of rotatable bonds is 3. The summed E-state index contributed by atoms with van der Waals surface area (Å²) in [7, 11) is 1.49. The summed E-state index contributed by atoms with van der Waals surface area (Å²) >= 11 is 0. The molecule has 2 aromatic rings. The van der Waals surface area contributed by atoms with Crippen molar-refractivity contribution in [3.63, 3.8) is 0 Å². The average Bonchev–Trinajstić information content (AvgIpc) is 2.94. The van der Waals surface area contributed by atoms with Gasteiger partial charge in [-0.25, -0.2) is 0 Å². The molecule has 0 fully saturated rings. The van der Waals surface area contributed by atoms with Crippen LogP contribution in [0.25, 0.3) is 5.57 Å². The second-order valence-electron chi connectivity index (χ2n) is 6.44. The number of carbonyl (C=O) groups is 1. The van der Waals surface area contributed by atoms with E-state index in [0.29, 0.717) is 6.42 Å². The topological polar surface area (TPSA) is 26.3 Å². The molecule has 0 radical (unpaired) electrons. The molecule has 0 aliphatic heterocycles. The fourth-order valence-electron chi connectivity index (χ4n) is 4.17. The van der Waals surface area contributed by atoms with Gasteiger partial charge in [0, 0.05) is 0 Å².